The van der Waals surface area contributed by atoms with Crippen molar-refractivity contribution in [1.82, 2.24) is 0 Å². The molecule has 0 N–H and O–H groups in total. The zero-order valence-electron chi connectivity index (χ0n) is 13.1. The van der Waals surface area contributed by atoms with E-state index in [4.69, 9.17) is 0 Å². The van der Waals surface area contributed by atoms with E-state index in [2.05, 4.69) is 61.2 Å². The summed E-state index contributed by atoms with van der Waals surface area (Å²) in [5, 5.41) is 0. The second-order valence-corrected chi connectivity index (χ2v) is 8.61. The van der Waals surface area contributed by atoms with Crippen molar-refractivity contribution in [2.75, 3.05) is 0 Å². The van der Waals surface area contributed by atoms with E-state index in [1.54, 1.807) is 12.2 Å². The summed E-state index contributed by atoms with van der Waals surface area (Å²) in [7, 11) is -0.174. The molecule has 1 aliphatic carbocycles. The standard InChI is InChI=1S/C21H16OS2/c1-2-7-15-14-16(12-13-17(15)22)24-20-10-5-3-8-18(20)23-19-9-4-6-11-21(19)24/h2-6,8-14H,1,7H2. The minimum atomic E-state index is -0.174. The minimum absolute atomic E-state index is 0.0928. The molecule has 1 aliphatic heterocycles. The molecule has 0 saturated carbocycles. The molecule has 4 rings (SSSR count). The Morgan fingerprint density at radius 1 is 0.958 bits per heavy atom. The molecule has 2 aromatic carbocycles. The molecule has 1 nitrogen and oxygen atoms in total. The van der Waals surface area contributed by atoms with Crippen molar-refractivity contribution in [2.45, 2.75) is 26.0 Å². The molecule has 0 radical (unpaired) electrons. The van der Waals surface area contributed by atoms with Gasteiger partial charge in [0, 0.05) is 30.0 Å². The normalized spacial score (nSPS) is 16.4. The predicted octanol–water partition coefficient (Wildman–Crippen LogP) is 5.65. The van der Waals surface area contributed by atoms with Gasteiger partial charge >= 0.3 is 0 Å². The van der Waals surface area contributed by atoms with Crippen LogP contribution in [-0.4, -0.2) is 10.6 Å². The summed E-state index contributed by atoms with van der Waals surface area (Å²) in [6, 6.07) is 17.2. The van der Waals surface area contributed by atoms with Crippen LogP contribution in [0.5, 0.6) is 0 Å². The Morgan fingerprint density at radius 2 is 1.58 bits per heavy atom. The Bertz CT molecular complexity index is 900. The largest absolute Gasteiger partial charge is 0.290 e. The zero-order valence-corrected chi connectivity index (χ0v) is 14.7. The smallest absolute Gasteiger partial charge is 0.182 e. The fourth-order valence-corrected chi connectivity index (χ4v) is 6.69. The number of ketones is 1. The average molecular weight is 348 g/mol. The topological polar surface area (TPSA) is 17.1 Å². The number of allylic oxidation sites excluding steroid dienone is 5. The summed E-state index contributed by atoms with van der Waals surface area (Å²) < 4.78 is 0. The lowest BCUT2D eigenvalue weighted by Gasteiger charge is -2.25. The van der Waals surface area contributed by atoms with E-state index in [1.165, 1.54) is 24.4 Å². The molecule has 2 aliphatic rings. The van der Waals surface area contributed by atoms with Crippen LogP contribution in [-0.2, 0) is 4.79 Å². The molecule has 1 heterocycles. The van der Waals surface area contributed by atoms with E-state index in [0.29, 0.717) is 6.42 Å². The third kappa shape index (κ3) is 2.64. The number of carbonyl (C=O) groups is 1. The van der Waals surface area contributed by atoms with Gasteiger partial charge in [-0.2, -0.15) is 0 Å². The number of hydrogen-bond donors (Lipinski definition) is 0. The quantitative estimate of drug-likeness (QED) is 0.439. The van der Waals surface area contributed by atoms with Crippen LogP contribution >= 0.6 is 22.2 Å². The van der Waals surface area contributed by atoms with Gasteiger partial charge in [-0.3, -0.25) is 4.79 Å². The van der Waals surface area contributed by atoms with Crippen LogP contribution in [0.15, 0.2) is 105 Å². The number of rotatable bonds is 2. The van der Waals surface area contributed by atoms with Crippen molar-refractivity contribution < 1.29 is 4.79 Å². The van der Waals surface area contributed by atoms with E-state index in [0.717, 1.165) is 5.57 Å². The van der Waals surface area contributed by atoms with Gasteiger partial charge in [0.25, 0.3) is 0 Å². The van der Waals surface area contributed by atoms with E-state index in [-0.39, 0.29) is 16.3 Å². The first-order valence-electron chi connectivity index (χ1n) is 7.79. The van der Waals surface area contributed by atoms with Crippen molar-refractivity contribution in [2.24, 2.45) is 0 Å². The van der Waals surface area contributed by atoms with Crippen molar-refractivity contribution in [3.8, 4) is 0 Å². The van der Waals surface area contributed by atoms with Crippen molar-refractivity contribution in [3.63, 3.8) is 0 Å². The van der Waals surface area contributed by atoms with Crippen molar-refractivity contribution in [1.29, 1.82) is 0 Å². The van der Waals surface area contributed by atoms with Crippen LogP contribution in [0.4, 0.5) is 0 Å². The van der Waals surface area contributed by atoms with Gasteiger partial charge in [-0.15, -0.1) is 17.1 Å². The second kappa shape index (κ2) is 6.42. The molecule has 0 atom stereocenters. The Hall–Kier alpha value is -2.10. The van der Waals surface area contributed by atoms with Gasteiger partial charge in [-0.1, -0.05) is 42.1 Å². The molecule has 24 heavy (non-hydrogen) atoms. The van der Waals surface area contributed by atoms with Gasteiger partial charge in [-0.05, 0) is 48.9 Å². The lowest BCUT2D eigenvalue weighted by atomic mass is 10.0. The van der Waals surface area contributed by atoms with Crippen molar-refractivity contribution in [3.05, 3.63) is 85.0 Å². The van der Waals surface area contributed by atoms with Gasteiger partial charge in [0.15, 0.2) is 5.78 Å². The summed E-state index contributed by atoms with van der Waals surface area (Å²) >= 11 is 1.83. The Morgan fingerprint density at radius 3 is 2.21 bits per heavy atom. The molecule has 0 unspecified atom stereocenters. The number of carbonyl (C=O) groups excluding carboxylic acids is 1. The van der Waals surface area contributed by atoms with E-state index in [9.17, 15) is 4.79 Å². The molecular formula is C21H16OS2. The number of fused-ring (bicyclic) bond motifs is 2. The molecule has 0 saturated heterocycles. The lowest BCUT2D eigenvalue weighted by molar-refractivity contribution is -0.111. The third-order valence-corrected chi connectivity index (χ3v) is 7.72. The van der Waals surface area contributed by atoms with Crippen LogP contribution in [0.1, 0.15) is 6.42 Å². The highest BCUT2D eigenvalue weighted by atomic mass is 32.2. The first-order chi connectivity index (χ1) is 11.8. The fourth-order valence-electron chi connectivity index (χ4n) is 2.89. The molecule has 0 amide bonds. The van der Waals surface area contributed by atoms with Crippen LogP contribution in [0.25, 0.3) is 0 Å². The molecule has 0 spiro atoms. The highest BCUT2D eigenvalue weighted by Crippen LogP contribution is 2.53. The predicted molar refractivity (Wildman–Crippen MR) is 103 cm³/mol. The summed E-state index contributed by atoms with van der Waals surface area (Å²) in [5.74, 6) is 0.0928. The summed E-state index contributed by atoms with van der Waals surface area (Å²) in [5.41, 5.74) is 0.822. The second-order valence-electron chi connectivity index (χ2n) is 5.56. The maximum Gasteiger partial charge on any atom is 0.182 e. The Balaban J connectivity index is 1.99. The molecular weight excluding hydrogens is 332 g/mol. The zero-order chi connectivity index (χ0) is 16.5. The molecule has 0 bridgehead atoms. The number of hydrogen-bond acceptors (Lipinski definition) is 2. The first-order valence-corrected chi connectivity index (χ1v) is 9.83. The Kier molecular flexibility index (Phi) is 4.13. The Labute approximate surface area is 148 Å². The molecule has 2 aromatic rings. The SMILES string of the molecule is C=CCC1=CC(=S2c3ccccc3Sc3ccccc32)C=CC1=O. The van der Waals surface area contributed by atoms with Crippen LogP contribution in [0.3, 0.4) is 0 Å². The molecule has 0 aromatic heterocycles. The summed E-state index contributed by atoms with van der Waals surface area (Å²) in [6.07, 6.45) is 8.16. The van der Waals surface area contributed by atoms with Gasteiger partial charge in [-0.25, -0.2) is 0 Å². The molecule has 3 heteroatoms. The molecule has 118 valence electrons. The minimum Gasteiger partial charge on any atom is -0.290 e. The van der Waals surface area contributed by atoms with Crippen LogP contribution < -0.4 is 0 Å². The van der Waals surface area contributed by atoms with Crippen molar-refractivity contribution >= 4 is 32.9 Å². The highest BCUT2D eigenvalue weighted by Gasteiger charge is 2.22. The lowest BCUT2D eigenvalue weighted by Crippen LogP contribution is -2.08. The van der Waals surface area contributed by atoms with E-state index < -0.39 is 0 Å². The van der Waals surface area contributed by atoms with Gasteiger partial charge < -0.3 is 0 Å². The average Bonchev–Trinajstić information content (AvgIpc) is 2.62. The summed E-state index contributed by atoms with van der Waals surface area (Å²) in [4.78, 5) is 18.6. The van der Waals surface area contributed by atoms with Crippen LogP contribution in [0.2, 0.25) is 0 Å². The fraction of sp³-hybridized carbons (Fsp3) is 0.0476. The molecule has 0 fully saturated rings. The van der Waals surface area contributed by atoms with Crippen LogP contribution in [0, 0.1) is 0 Å². The number of benzene rings is 2. The van der Waals surface area contributed by atoms with E-state index >= 15 is 0 Å². The maximum absolute atomic E-state index is 12.1. The van der Waals surface area contributed by atoms with Gasteiger partial charge in [0.1, 0.15) is 0 Å². The van der Waals surface area contributed by atoms with E-state index in [1.807, 2.05) is 17.8 Å². The maximum atomic E-state index is 12.1. The third-order valence-electron chi connectivity index (χ3n) is 3.99. The monoisotopic (exact) mass is 348 g/mol. The first kappa shape index (κ1) is 15.4. The van der Waals surface area contributed by atoms with Gasteiger partial charge in [0.05, 0.1) is 0 Å². The van der Waals surface area contributed by atoms with Gasteiger partial charge in [0.2, 0.25) is 0 Å². The summed E-state index contributed by atoms with van der Waals surface area (Å²) in [6.45, 7) is 3.77. The highest BCUT2D eigenvalue weighted by molar-refractivity contribution is 8.18.